The van der Waals surface area contributed by atoms with Gasteiger partial charge in [0.05, 0.1) is 12.1 Å². The molecule has 22 heavy (non-hydrogen) atoms. The van der Waals surface area contributed by atoms with Crippen LogP contribution in [0.4, 0.5) is 0 Å². The minimum absolute atomic E-state index is 0.00838. The highest BCUT2D eigenvalue weighted by Crippen LogP contribution is 2.33. The second kappa shape index (κ2) is 5.29. The largest absolute Gasteiger partial charge is 0.462 e. The van der Waals surface area contributed by atoms with Gasteiger partial charge in [-0.05, 0) is 25.0 Å². The standard InChI is InChI=1S/C16H15NO5/c1-3-21-16(20)12-14(22-9(2)18)11-6-4-5-10-7-8-17(13(10)11)15(12)19/h4-6H,3,7-8H2,1-2H3. The van der Waals surface area contributed by atoms with Crippen LogP contribution in [0.2, 0.25) is 0 Å². The van der Waals surface area contributed by atoms with Gasteiger partial charge in [0.2, 0.25) is 0 Å². The minimum atomic E-state index is -0.772. The van der Waals surface area contributed by atoms with Crippen molar-refractivity contribution in [3.8, 4) is 5.75 Å². The highest BCUT2D eigenvalue weighted by molar-refractivity contribution is 6.02. The first-order valence-corrected chi connectivity index (χ1v) is 7.08. The number of aryl methyl sites for hydroxylation is 2. The van der Waals surface area contributed by atoms with Crippen LogP contribution in [-0.2, 0) is 22.5 Å². The molecule has 0 bridgehead atoms. The van der Waals surface area contributed by atoms with Crippen molar-refractivity contribution in [3.63, 3.8) is 0 Å². The minimum Gasteiger partial charge on any atom is -0.462 e. The van der Waals surface area contributed by atoms with Crippen LogP contribution >= 0.6 is 0 Å². The number of para-hydroxylation sites is 1. The van der Waals surface area contributed by atoms with E-state index in [4.69, 9.17) is 9.47 Å². The van der Waals surface area contributed by atoms with Crippen molar-refractivity contribution in [1.82, 2.24) is 4.57 Å². The van der Waals surface area contributed by atoms with Gasteiger partial charge in [-0.3, -0.25) is 9.59 Å². The molecule has 6 heteroatoms. The van der Waals surface area contributed by atoms with Crippen LogP contribution in [0.3, 0.4) is 0 Å². The van der Waals surface area contributed by atoms with Gasteiger partial charge >= 0.3 is 11.9 Å². The fraction of sp³-hybridized carbons (Fsp3) is 0.312. The summed E-state index contributed by atoms with van der Waals surface area (Å²) in [6.07, 6.45) is 0.707. The van der Waals surface area contributed by atoms with Gasteiger partial charge in [-0.1, -0.05) is 12.1 Å². The zero-order valence-electron chi connectivity index (χ0n) is 12.3. The topological polar surface area (TPSA) is 74.6 Å². The number of hydrogen-bond donors (Lipinski definition) is 0. The third-order valence-corrected chi connectivity index (χ3v) is 3.65. The number of esters is 2. The Morgan fingerprint density at radius 1 is 1.32 bits per heavy atom. The average Bonchev–Trinajstić information content (AvgIpc) is 2.89. The summed E-state index contributed by atoms with van der Waals surface area (Å²) in [5, 5.41) is 0.577. The molecule has 2 aromatic rings. The summed E-state index contributed by atoms with van der Waals surface area (Å²) in [6, 6.07) is 5.48. The number of carbonyl (C=O) groups excluding carboxylic acids is 2. The summed E-state index contributed by atoms with van der Waals surface area (Å²) >= 11 is 0. The summed E-state index contributed by atoms with van der Waals surface area (Å²) in [6.45, 7) is 3.52. The first-order valence-electron chi connectivity index (χ1n) is 7.08. The molecule has 3 rings (SSSR count). The second-order valence-corrected chi connectivity index (χ2v) is 5.04. The molecule has 0 saturated carbocycles. The van der Waals surface area contributed by atoms with E-state index in [1.807, 2.05) is 12.1 Å². The maximum absolute atomic E-state index is 12.6. The van der Waals surface area contributed by atoms with E-state index in [2.05, 4.69) is 0 Å². The number of benzene rings is 1. The molecule has 6 nitrogen and oxygen atoms in total. The van der Waals surface area contributed by atoms with Crippen molar-refractivity contribution < 1.29 is 19.1 Å². The predicted octanol–water partition coefficient (Wildman–Crippen LogP) is 1.66. The Hall–Kier alpha value is -2.63. The predicted molar refractivity (Wildman–Crippen MR) is 79.2 cm³/mol. The number of carbonyl (C=O) groups is 2. The Bertz CT molecular complexity index is 850. The molecule has 0 N–H and O–H groups in total. The highest BCUT2D eigenvalue weighted by Gasteiger charge is 2.28. The van der Waals surface area contributed by atoms with Crippen molar-refractivity contribution in [2.24, 2.45) is 0 Å². The first kappa shape index (κ1) is 14.3. The van der Waals surface area contributed by atoms with E-state index in [0.717, 1.165) is 11.1 Å². The summed E-state index contributed by atoms with van der Waals surface area (Å²) < 4.78 is 11.7. The molecule has 1 aromatic heterocycles. The van der Waals surface area contributed by atoms with Gasteiger partial charge in [-0.2, -0.15) is 0 Å². The van der Waals surface area contributed by atoms with Gasteiger partial charge in [-0.15, -0.1) is 0 Å². The van der Waals surface area contributed by atoms with Crippen LogP contribution in [0.5, 0.6) is 5.75 Å². The molecule has 0 fully saturated rings. The fourth-order valence-corrected chi connectivity index (χ4v) is 2.84. The van der Waals surface area contributed by atoms with E-state index in [9.17, 15) is 14.4 Å². The molecule has 0 amide bonds. The molecule has 1 aliphatic heterocycles. The van der Waals surface area contributed by atoms with Crippen molar-refractivity contribution in [2.45, 2.75) is 26.8 Å². The lowest BCUT2D eigenvalue weighted by Gasteiger charge is -2.13. The lowest BCUT2D eigenvalue weighted by Crippen LogP contribution is -2.28. The third-order valence-electron chi connectivity index (χ3n) is 3.65. The quantitative estimate of drug-likeness (QED) is 0.806. The molecule has 0 aliphatic carbocycles. The maximum Gasteiger partial charge on any atom is 0.347 e. The Morgan fingerprint density at radius 2 is 2.09 bits per heavy atom. The summed E-state index contributed by atoms with van der Waals surface area (Å²) in [4.78, 5) is 36.2. The molecule has 0 unspecified atom stereocenters. The highest BCUT2D eigenvalue weighted by atomic mass is 16.5. The van der Waals surface area contributed by atoms with Gasteiger partial charge in [-0.25, -0.2) is 4.79 Å². The van der Waals surface area contributed by atoms with E-state index in [0.29, 0.717) is 18.4 Å². The van der Waals surface area contributed by atoms with Crippen LogP contribution in [0.25, 0.3) is 10.9 Å². The molecule has 1 aliphatic rings. The van der Waals surface area contributed by atoms with Crippen LogP contribution < -0.4 is 10.3 Å². The number of rotatable bonds is 3. The summed E-state index contributed by atoms with van der Waals surface area (Å²) in [5.74, 6) is -1.37. The lowest BCUT2D eigenvalue weighted by molar-refractivity contribution is -0.131. The fourth-order valence-electron chi connectivity index (χ4n) is 2.84. The number of ether oxygens (including phenoxy) is 2. The zero-order chi connectivity index (χ0) is 15.9. The Balaban J connectivity index is 2.39. The van der Waals surface area contributed by atoms with Crippen LogP contribution in [0.1, 0.15) is 29.8 Å². The third kappa shape index (κ3) is 2.07. The molecule has 0 atom stereocenters. The van der Waals surface area contributed by atoms with Crippen LogP contribution in [-0.4, -0.2) is 23.1 Å². The van der Waals surface area contributed by atoms with E-state index in [1.165, 1.54) is 6.92 Å². The van der Waals surface area contributed by atoms with Gasteiger partial charge in [0.15, 0.2) is 11.3 Å². The lowest BCUT2D eigenvalue weighted by atomic mass is 10.1. The van der Waals surface area contributed by atoms with Gasteiger partial charge in [0, 0.05) is 18.9 Å². The van der Waals surface area contributed by atoms with E-state index in [1.54, 1.807) is 17.6 Å². The molecule has 1 aromatic carbocycles. The number of pyridine rings is 1. The van der Waals surface area contributed by atoms with Crippen molar-refractivity contribution in [1.29, 1.82) is 0 Å². The number of aromatic nitrogens is 1. The molecule has 0 saturated heterocycles. The van der Waals surface area contributed by atoms with Gasteiger partial charge in [0.1, 0.15) is 0 Å². The van der Waals surface area contributed by atoms with Gasteiger partial charge < -0.3 is 14.0 Å². The molecule has 2 heterocycles. The molecule has 114 valence electrons. The van der Waals surface area contributed by atoms with Crippen molar-refractivity contribution in [2.75, 3.05) is 6.61 Å². The molecule has 0 radical (unpaired) electrons. The Morgan fingerprint density at radius 3 is 2.77 bits per heavy atom. The monoisotopic (exact) mass is 301 g/mol. The van der Waals surface area contributed by atoms with Crippen molar-refractivity contribution >= 4 is 22.8 Å². The van der Waals surface area contributed by atoms with E-state index >= 15 is 0 Å². The van der Waals surface area contributed by atoms with E-state index < -0.39 is 17.5 Å². The molecule has 0 spiro atoms. The SMILES string of the molecule is CCOC(=O)c1c(OC(C)=O)c2cccc3c2n(c1=O)CC3. The van der Waals surface area contributed by atoms with Crippen molar-refractivity contribution in [3.05, 3.63) is 39.7 Å². The normalized spacial score (nSPS) is 12.5. The first-order chi connectivity index (χ1) is 10.5. The van der Waals surface area contributed by atoms with Crippen LogP contribution in [0.15, 0.2) is 23.0 Å². The zero-order valence-corrected chi connectivity index (χ0v) is 12.3. The summed E-state index contributed by atoms with van der Waals surface area (Å²) in [7, 11) is 0. The van der Waals surface area contributed by atoms with Gasteiger partial charge in [0.25, 0.3) is 5.56 Å². The second-order valence-electron chi connectivity index (χ2n) is 5.04. The summed E-state index contributed by atoms with van der Waals surface area (Å²) in [5.41, 5.74) is 1.02. The molecular formula is C16H15NO5. The number of nitrogens with zero attached hydrogens (tertiary/aromatic N) is 1. The van der Waals surface area contributed by atoms with Crippen LogP contribution in [0, 0.1) is 0 Å². The number of hydrogen-bond acceptors (Lipinski definition) is 5. The average molecular weight is 301 g/mol. The molecular weight excluding hydrogens is 286 g/mol. The Labute approximate surface area is 126 Å². The van der Waals surface area contributed by atoms with E-state index in [-0.39, 0.29) is 17.9 Å². The smallest absolute Gasteiger partial charge is 0.347 e. The maximum atomic E-state index is 12.6. The Kier molecular flexibility index (Phi) is 3.44.